The van der Waals surface area contributed by atoms with Crippen LogP contribution in [0, 0.1) is 64.1 Å². The molecule has 4 fully saturated rings. The van der Waals surface area contributed by atoms with E-state index in [-0.39, 0.29) is 11.2 Å². The second kappa shape index (κ2) is 11.0. The molecule has 0 bridgehead atoms. The number of halogens is 1. The molecular formula is C32H55BrO2. The lowest BCUT2D eigenvalue weighted by molar-refractivity contribution is -0.145. The molecule has 0 amide bonds. The molecule has 0 heterocycles. The van der Waals surface area contributed by atoms with Crippen LogP contribution in [0.2, 0.25) is 0 Å². The van der Waals surface area contributed by atoms with Crippen molar-refractivity contribution in [2.75, 3.05) is 0 Å². The minimum Gasteiger partial charge on any atom is -0.481 e. The second-order valence-electron chi connectivity index (χ2n) is 14.4. The van der Waals surface area contributed by atoms with Gasteiger partial charge in [0.15, 0.2) is 0 Å². The number of hydrogen-bond donors (Lipinski definition) is 1. The molecule has 4 aliphatic rings. The highest BCUT2D eigenvalue weighted by molar-refractivity contribution is 9.09. The topological polar surface area (TPSA) is 37.3 Å². The van der Waals surface area contributed by atoms with E-state index >= 15 is 0 Å². The minimum atomic E-state index is -0.642. The summed E-state index contributed by atoms with van der Waals surface area (Å²) < 4.78 is 0. The van der Waals surface area contributed by atoms with Gasteiger partial charge in [-0.3, -0.25) is 4.79 Å². The summed E-state index contributed by atoms with van der Waals surface area (Å²) in [5.74, 6) is 6.72. The Labute approximate surface area is 225 Å². The van der Waals surface area contributed by atoms with E-state index in [9.17, 15) is 9.90 Å². The summed E-state index contributed by atoms with van der Waals surface area (Å²) in [6, 6.07) is 0. The zero-order valence-corrected chi connectivity index (χ0v) is 25.3. The van der Waals surface area contributed by atoms with Gasteiger partial charge in [0.05, 0.1) is 6.42 Å². The summed E-state index contributed by atoms with van der Waals surface area (Å²) >= 11 is 3.91. The Balaban J connectivity index is 1.51. The molecule has 3 heteroatoms. The van der Waals surface area contributed by atoms with Crippen molar-refractivity contribution in [3.8, 4) is 0 Å². The number of alkyl halides is 1. The Morgan fingerprint density at radius 3 is 2.34 bits per heavy atom. The fraction of sp³-hybridized carbons (Fsp3) is 0.969. The predicted octanol–water partition coefficient (Wildman–Crippen LogP) is 9.60. The largest absolute Gasteiger partial charge is 0.481 e. The van der Waals surface area contributed by atoms with Crippen LogP contribution in [-0.4, -0.2) is 15.9 Å². The molecule has 202 valence electrons. The molecule has 1 N–H and O–H groups in total. The molecule has 0 saturated heterocycles. The SMILES string of the molecule is CC[C@H](CC[C@@H](C)[C@H]1CC[C@H]2[C@@H]3CCC4CCCC(C(Br)CC(=O)O)[C@]4(C)[C@H]3CC[C@]12C)C(C)C. The maximum atomic E-state index is 11.6. The molecule has 0 aromatic heterocycles. The maximum Gasteiger partial charge on any atom is 0.304 e. The number of rotatable bonds is 9. The lowest BCUT2D eigenvalue weighted by Gasteiger charge is -2.63. The average Bonchev–Trinajstić information content (AvgIpc) is 3.15. The lowest BCUT2D eigenvalue weighted by Crippen LogP contribution is -2.57. The van der Waals surface area contributed by atoms with Crippen LogP contribution >= 0.6 is 15.9 Å². The van der Waals surface area contributed by atoms with Crippen LogP contribution in [0.15, 0.2) is 0 Å². The van der Waals surface area contributed by atoms with E-state index < -0.39 is 5.97 Å². The van der Waals surface area contributed by atoms with E-state index in [0.29, 0.717) is 16.7 Å². The average molecular weight is 552 g/mol. The lowest BCUT2D eigenvalue weighted by atomic mass is 9.42. The summed E-state index contributed by atoms with van der Waals surface area (Å²) in [5, 5.41) is 9.56. The smallest absolute Gasteiger partial charge is 0.304 e. The van der Waals surface area contributed by atoms with Crippen molar-refractivity contribution in [3.05, 3.63) is 0 Å². The Hall–Kier alpha value is -0.0500. The first-order valence-corrected chi connectivity index (χ1v) is 16.3. The molecule has 4 saturated carbocycles. The Kier molecular flexibility index (Phi) is 8.77. The van der Waals surface area contributed by atoms with E-state index in [1.165, 1.54) is 77.0 Å². The van der Waals surface area contributed by atoms with Gasteiger partial charge in [-0.25, -0.2) is 0 Å². The van der Waals surface area contributed by atoms with Crippen LogP contribution < -0.4 is 0 Å². The monoisotopic (exact) mass is 550 g/mol. The van der Waals surface area contributed by atoms with Crippen LogP contribution in [0.1, 0.15) is 125 Å². The van der Waals surface area contributed by atoms with Gasteiger partial charge in [-0.05, 0) is 122 Å². The molecule has 4 aliphatic carbocycles. The highest BCUT2D eigenvalue weighted by atomic mass is 79.9. The molecule has 0 aromatic rings. The van der Waals surface area contributed by atoms with Gasteiger partial charge in [0.25, 0.3) is 0 Å². The van der Waals surface area contributed by atoms with Crippen LogP contribution in [-0.2, 0) is 4.79 Å². The van der Waals surface area contributed by atoms with Crippen LogP contribution in [0.5, 0.6) is 0 Å². The first-order chi connectivity index (χ1) is 16.5. The zero-order valence-electron chi connectivity index (χ0n) is 23.7. The van der Waals surface area contributed by atoms with Crippen molar-refractivity contribution in [2.24, 2.45) is 64.1 Å². The molecule has 35 heavy (non-hydrogen) atoms. The van der Waals surface area contributed by atoms with Gasteiger partial charge in [-0.15, -0.1) is 0 Å². The van der Waals surface area contributed by atoms with Crippen molar-refractivity contribution in [1.29, 1.82) is 0 Å². The molecule has 4 rings (SSSR count). The third-order valence-electron chi connectivity index (χ3n) is 12.9. The molecular weight excluding hydrogens is 496 g/mol. The van der Waals surface area contributed by atoms with Gasteiger partial charge in [0.1, 0.15) is 0 Å². The molecule has 0 aliphatic heterocycles. The van der Waals surface area contributed by atoms with Crippen molar-refractivity contribution in [3.63, 3.8) is 0 Å². The fourth-order valence-corrected chi connectivity index (χ4v) is 12.1. The molecule has 0 spiro atoms. The minimum absolute atomic E-state index is 0.128. The van der Waals surface area contributed by atoms with E-state index in [4.69, 9.17) is 0 Å². The Morgan fingerprint density at radius 2 is 1.69 bits per heavy atom. The van der Waals surface area contributed by atoms with E-state index in [1.54, 1.807) is 0 Å². The quantitative estimate of drug-likeness (QED) is 0.290. The van der Waals surface area contributed by atoms with Gasteiger partial charge in [0.2, 0.25) is 0 Å². The second-order valence-corrected chi connectivity index (χ2v) is 15.5. The summed E-state index contributed by atoms with van der Waals surface area (Å²) in [5.41, 5.74) is 0.851. The molecule has 3 unspecified atom stereocenters. The fourth-order valence-electron chi connectivity index (χ4n) is 10.9. The Bertz CT molecular complexity index is 735. The summed E-state index contributed by atoms with van der Waals surface area (Å²) in [4.78, 5) is 11.7. The third-order valence-corrected chi connectivity index (χ3v) is 13.8. The first kappa shape index (κ1) is 28.0. The summed E-state index contributed by atoms with van der Waals surface area (Å²) in [6.07, 6.45) is 16.9. The van der Waals surface area contributed by atoms with Crippen molar-refractivity contribution in [1.82, 2.24) is 0 Å². The number of carbonyl (C=O) groups is 1. The number of fused-ring (bicyclic) bond motifs is 5. The van der Waals surface area contributed by atoms with E-state index in [0.717, 1.165) is 47.3 Å². The third kappa shape index (κ3) is 5.04. The highest BCUT2D eigenvalue weighted by Gasteiger charge is 2.62. The molecule has 0 radical (unpaired) electrons. The van der Waals surface area contributed by atoms with Crippen LogP contribution in [0.3, 0.4) is 0 Å². The van der Waals surface area contributed by atoms with Crippen molar-refractivity contribution >= 4 is 21.9 Å². The van der Waals surface area contributed by atoms with Crippen LogP contribution in [0.4, 0.5) is 0 Å². The van der Waals surface area contributed by atoms with Gasteiger partial charge in [-0.2, -0.15) is 0 Å². The Morgan fingerprint density at radius 1 is 0.943 bits per heavy atom. The number of aliphatic carboxylic acids is 1. The predicted molar refractivity (Wildman–Crippen MR) is 151 cm³/mol. The molecule has 2 nitrogen and oxygen atoms in total. The van der Waals surface area contributed by atoms with E-state index in [1.807, 2.05) is 0 Å². The van der Waals surface area contributed by atoms with Gasteiger partial charge in [-0.1, -0.05) is 76.7 Å². The zero-order chi connectivity index (χ0) is 25.5. The number of carboxylic acid groups (broad SMARTS) is 1. The molecule has 0 aromatic carbocycles. The standard InChI is InChI=1S/C32H55BrO2/c1-7-22(20(2)3)12-11-21(4)25-15-16-26-24-14-13-23-9-8-10-28(29(33)19-30(34)35)32(23,6)27(24)17-18-31(25,26)5/h20-29H,7-19H2,1-6H3,(H,34,35)/t21-,22-,23?,24+,25-,26+,27+,28?,29?,31-,32+/m1/s1. The summed E-state index contributed by atoms with van der Waals surface area (Å²) in [7, 11) is 0. The van der Waals surface area contributed by atoms with Crippen molar-refractivity contribution in [2.45, 2.75) is 130 Å². The number of hydrogen-bond acceptors (Lipinski definition) is 1. The normalized spacial score (nSPS) is 43.7. The van der Waals surface area contributed by atoms with Gasteiger partial charge >= 0.3 is 5.97 Å². The summed E-state index contributed by atoms with van der Waals surface area (Å²) in [6.45, 7) is 15.1. The van der Waals surface area contributed by atoms with Crippen molar-refractivity contribution < 1.29 is 9.90 Å². The number of carboxylic acids is 1. The van der Waals surface area contributed by atoms with Gasteiger partial charge in [0, 0.05) is 4.83 Å². The van der Waals surface area contributed by atoms with E-state index in [2.05, 4.69) is 57.5 Å². The maximum absolute atomic E-state index is 11.6. The van der Waals surface area contributed by atoms with Gasteiger partial charge < -0.3 is 5.11 Å². The highest BCUT2D eigenvalue weighted by Crippen LogP contribution is 2.70. The molecule has 11 atom stereocenters. The van der Waals surface area contributed by atoms with Crippen LogP contribution in [0.25, 0.3) is 0 Å². The first-order valence-electron chi connectivity index (χ1n) is 15.4.